The normalized spacial score (nSPS) is 10.9. The lowest BCUT2D eigenvalue weighted by atomic mass is 10.1. The van der Waals surface area contributed by atoms with E-state index < -0.39 is 0 Å². The summed E-state index contributed by atoms with van der Waals surface area (Å²) in [6.07, 6.45) is 0. The van der Waals surface area contributed by atoms with Crippen LogP contribution < -0.4 is 0 Å². The molecule has 1 aromatic heterocycles. The molecule has 0 unspecified atom stereocenters. The summed E-state index contributed by atoms with van der Waals surface area (Å²) in [6, 6.07) is 13.1. The maximum atomic E-state index is 14.0. The van der Waals surface area contributed by atoms with Gasteiger partial charge in [-0.3, -0.25) is 0 Å². The number of benzene rings is 2. The minimum Gasteiger partial charge on any atom is -0.236 e. The molecule has 0 saturated heterocycles. The Labute approximate surface area is 135 Å². The molecular formula is C17H13BrFNS. The molecule has 0 spiro atoms. The Morgan fingerprint density at radius 2 is 1.90 bits per heavy atom. The van der Waals surface area contributed by atoms with Crippen molar-refractivity contribution >= 4 is 27.3 Å². The van der Waals surface area contributed by atoms with E-state index in [0.29, 0.717) is 5.56 Å². The maximum Gasteiger partial charge on any atom is 0.133 e. The highest BCUT2D eigenvalue weighted by Gasteiger charge is 2.14. The van der Waals surface area contributed by atoms with Crippen molar-refractivity contribution in [2.75, 3.05) is 0 Å². The first-order valence-corrected chi connectivity index (χ1v) is 8.15. The molecule has 2 aromatic carbocycles. The van der Waals surface area contributed by atoms with E-state index in [1.807, 2.05) is 44.2 Å². The zero-order chi connectivity index (χ0) is 15.0. The zero-order valence-electron chi connectivity index (χ0n) is 11.7. The Morgan fingerprint density at radius 1 is 1.10 bits per heavy atom. The molecule has 0 N–H and O–H groups in total. The highest BCUT2D eigenvalue weighted by atomic mass is 79.9. The SMILES string of the molecule is Cc1ccc(F)c(-c2nc(-c3cccc(Br)c3)c(C)s2)c1. The van der Waals surface area contributed by atoms with E-state index >= 15 is 0 Å². The first kappa shape index (κ1) is 14.4. The standard InChI is InChI=1S/C17H13BrFNS/c1-10-6-7-15(19)14(8-10)17-20-16(11(2)21-17)12-4-3-5-13(18)9-12/h3-9H,1-2H3. The maximum absolute atomic E-state index is 14.0. The molecule has 106 valence electrons. The second kappa shape index (κ2) is 5.70. The molecule has 3 aromatic rings. The molecule has 1 heterocycles. The molecule has 1 nitrogen and oxygen atoms in total. The van der Waals surface area contributed by atoms with Crippen molar-refractivity contribution in [2.24, 2.45) is 0 Å². The van der Waals surface area contributed by atoms with Gasteiger partial charge in [-0.15, -0.1) is 11.3 Å². The molecular weight excluding hydrogens is 349 g/mol. The largest absolute Gasteiger partial charge is 0.236 e. The molecule has 0 aliphatic carbocycles. The van der Waals surface area contributed by atoms with Gasteiger partial charge < -0.3 is 0 Å². The fourth-order valence-corrected chi connectivity index (χ4v) is 3.57. The van der Waals surface area contributed by atoms with Crippen molar-refractivity contribution in [3.05, 3.63) is 63.2 Å². The number of aryl methyl sites for hydroxylation is 2. The van der Waals surface area contributed by atoms with E-state index in [2.05, 4.69) is 20.9 Å². The van der Waals surface area contributed by atoms with Crippen molar-refractivity contribution in [1.82, 2.24) is 4.98 Å². The number of rotatable bonds is 2. The van der Waals surface area contributed by atoms with Crippen LogP contribution in [0.15, 0.2) is 46.9 Å². The molecule has 4 heteroatoms. The second-order valence-corrected chi connectivity index (χ2v) is 7.04. The van der Waals surface area contributed by atoms with Gasteiger partial charge in [0.1, 0.15) is 10.8 Å². The number of halogens is 2. The van der Waals surface area contributed by atoms with Crippen LogP contribution in [0.2, 0.25) is 0 Å². The molecule has 0 aliphatic heterocycles. The third-order valence-corrected chi connectivity index (χ3v) is 4.74. The molecule has 0 radical (unpaired) electrons. The van der Waals surface area contributed by atoms with Gasteiger partial charge in [-0.1, -0.05) is 39.7 Å². The summed E-state index contributed by atoms with van der Waals surface area (Å²) in [5.74, 6) is -0.227. The average molecular weight is 362 g/mol. The van der Waals surface area contributed by atoms with Gasteiger partial charge in [-0.2, -0.15) is 0 Å². The minimum absolute atomic E-state index is 0.227. The number of thiazole rings is 1. The third-order valence-electron chi connectivity index (χ3n) is 3.25. The third kappa shape index (κ3) is 2.92. The van der Waals surface area contributed by atoms with E-state index in [4.69, 9.17) is 0 Å². The van der Waals surface area contributed by atoms with E-state index in [1.165, 1.54) is 17.4 Å². The fourth-order valence-electron chi connectivity index (χ4n) is 2.22. The van der Waals surface area contributed by atoms with Gasteiger partial charge in [-0.05, 0) is 38.1 Å². The molecule has 3 rings (SSSR count). The van der Waals surface area contributed by atoms with Gasteiger partial charge in [0, 0.05) is 20.5 Å². The van der Waals surface area contributed by atoms with Crippen LogP contribution in [-0.2, 0) is 0 Å². The lowest BCUT2D eigenvalue weighted by Gasteiger charge is -2.01. The van der Waals surface area contributed by atoms with Crippen molar-refractivity contribution in [1.29, 1.82) is 0 Å². The van der Waals surface area contributed by atoms with Gasteiger partial charge in [0.15, 0.2) is 0 Å². The van der Waals surface area contributed by atoms with Gasteiger partial charge >= 0.3 is 0 Å². The molecule has 0 fully saturated rings. The van der Waals surface area contributed by atoms with Crippen LogP contribution in [-0.4, -0.2) is 4.98 Å². The summed E-state index contributed by atoms with van der Waals surface area (Å²) in [5, 5.41) is 0.726. The van der Waals surface area contributed by atoms with Gasteiger partial charge in [0.25, 0.3) is 0 Å². The summed E-state index contributed by atoms with van der Waals surface area (Å²) in [5.41, 5.74) is 3.56. The predicted molar refractivity (Wildman–Crippen MR) is 90.1 cm³/mol. The van der Waals surface area contributed by atoms with Gasteiger partial charge in [0.05, 0.1) is 5.69 Å². The summed E-state index contributed by atoms with van der Waals surface area (Å²) < 4.78 is 15.0. The lowest BCUT2D eigenvalue weighted by Crippen LogP contribution is -1.86. The Hall–Kier alpha value is -1.52. The Balaban J connectivity index is 2.12. The van der Waals surface area contributed by atoms with Crippen molar-refractivity contribution < 1.29 is 4.39 Å². The Bertz CT molecular complexity index is 810. The molecule has 0 atom stereocenters. The van der Waals surface area contributed by atoms with Crippen LogP contribution in [0.5, 0.6) is 0 Å². The predicted octanol–water partition coefficient (Wildman–Crippen LogP) is 6.00. The first-order chi connectivity index (χ1) is 10.0. The Morgan fingerprint density at radius 3 is 2.67 bits per heavy atom. The van der Waals surface area contributed by atoms with Crippen molar-refractivity contribution in [3.63, 3.8) is 0 Å². The topological polar surface area (TPSA) is 12.9 Å². The zero-order valence-corrected chi connectivity index (χ0v) is 14.1. The highest BCUT2D eigenvalue weighted by Crippen LogP contribution is 2.35. The molecule has 0 amide bonds. The minimum atomic E-state index is -0.227. The summed E-state index contributed by atoms with van der Waals surface area (Å²) >= 11 is 5.00. The molecule has 0 aliphatic rings. The molecule has 0 saturated carbocycles. The number of aromatic nitrogens is 1. The highest BCUT2D eigenvalue weighted by molar-refractivity contribution is 9.10. The first-order valence-electron chi connectivity index (χ1n) is 6.54. The smallest absolute Gasteiger partial charge is 0.133 e. The number of nitrogens with zero attached hydrogens (tertiary/aromatic N) is 1. The summed E-state index contributed by atoms with van der Waals surface area (Å²) in [6.45, 7) is 3.98. The van der Waals surface area contributed by atoms with E-state index in [-0.39, 0.29) is 5.82 Å². The summed E-state index contributed by atoms with van der Waals surface area (Å²) in [4.78, 5) is 5.74. The van der Waals surface area contributed by atoms with Crippen LogP contribution in [0.1, 0.15) is 10.4 Å². The lowest BCUT2D eigenvalue weighted by molar-refractivity contribution is 0.631. The van der Waals surface area contributed by atoms with Crippen LogP contribution >= 0.6 is 27.3 Å². The molecule has 21 heavy (non-hydrogen) atoms. The van der Waals surface area contributed by atoms with E-state index in [9.17, 15) is 4.39 Å². The second-order valence-electron chi connectivity index (χ2n) is 4.92. The van der Waals surface area contributed by atoms with Crippen LogP contribution in [0.4, 0.5) is 4.39 Å². The quantitative estimate of drug-likeness (QED) is 0.545. The van der Waals surface area contributed by atoms with Gasteiger partial charge in [-0.25, -0.2) is 9.37 Å². The van der Waals surface area contributed by atoms with Crippen LogP contribution in [0.3, 0.4) is 0 Å². The summed E-state index contributed by atoms with van der Waals surface area (Å²) in [7, 11) is 0. The molecule has 0 bridgehead atoms. The van der Waals surface area contributed by atoms with Crippen LogP contribution in [0.25, 0.3) is 21.8 Å². The fraction of sp³-hybridized carbons (Fsp3) is 0.118. The van der Waals surface area contributed by atoms with Crippen LogP contribution in [0, 0.1) is 19.7 Å². The van der Waals surface area contributed by atoms with Crippen molar-refractivity contribution in [3.8, 4) is 21.8 Å². The average Bonchev–Trinajstić information content (AvgIpc) is 2.83. The monoisotopic (exact) mass is 361 g/mol. The van der Waals surface area contributed by atoms with E-state index in [1.54, 1.807) is 6.07 Å². The van der Waals surface area contributed by atoms with Crippen molar-refractivity contribution in [2.45, 2.75) is 13.8 Å². The van der Waals surface area contributed by atoms with E-state index in [0.717, 1.165) is 31.2 Å². The number of hydrogen-bond acceptors (Lipinski definition) is 2. The van der Waals surface area contributed by atoms with Gasteiger partial charge in [0.2, 0.25) is 0 Å². The number of hydrogen-bond donors (Lipinski definition) is 0. The Kier molecular flexibility index (Phi) is 3.91.